The van der Waals surface area contributed by atoms with Crippen molar-refractivity contribution in [3.05, 3.63) is 21.3 Å². The van der Waals surface area contributed by atoms with Crippen LogP contribution in [0.5, 0.6) is 0 Å². The summed E-state index contributed by atoms with van der Waals surface area (Å²) in [5.74, 6) is -0.700. The predicted octanol–water partition coefficient (Wildman–Crippen LogP) is 3.30. The number of hydrogen-bond donors (Lipinski definition) is 1. The van der Waals surface area contributed by atoms with Gasteiger partial charge in [-0.3, -0.25) is 4.79 Å². The monoisotopic (exact) mass is 230 g/mol. The first kappa shape index (κ1) is 9.99. The summed E-state index contributed by atoms with van der Waals surface area (Å²) in [5.41, 5.74) is -0.641. The molecule has 1 aliphatic rings. The van der Waals surface area contributed by atoms with Crippen LogP contribution in [0.25, 0.3) is 0 Å². The van der Waals surface area contributed by atoms with E-state index in [9.17, 15) is 9.90 Å². The molecule has 1 aromatic rings. The van der Waals surface area contributed by atoms with Crippen molar-refractivity contribution in [3.63, 3.8) is 0 Å². The van der Waals surface area contributed by atoms with Crippen molar-refractivity contribution in [1.29, 1.82) is 0 Å². The van der Waals surface area contributed by atoms with Crippen molar-refractivity contribution in [2.75, 3.05) is 0 Å². The molecular formula is C10H11ClO2S. The van der Waals surface area contributed by atoms with Gasteiger partial charge in [-0.2, -0.15) is 0 Å². The van der Waals surface area contributed by atoms with Crippen LogP contribution < -0.4 is 0 Å². The number of halogens is 1. The average molecular weight is 231 g/mol. The zero-order valence-corrected chi connectivity index (χ0v) is 9.20. The normalized spacial score (nSPS) is 19.8. The van der Waals surface area contributed by atoms with Crippen molar-refractivity contribution in [2.45, 2.75) is 31.1 Å². The Hall–Kier alpha value is -0.540. The molecule has 0 aliphatic heterocycles. The quantitative estimate of drug-likeness (QED) is 0.847. The van der Waals surface area contributed by atoms with E-state index in [0.29, 0.717) is 5.02 Å². The molecule has 1 fully saturated rings. The van der Waals surface area contributed by atoms with Gasteiger partial charge in [0.15, 0.2) is 0 Å². The Balaban J connectivity index is 2.41. The molecule has 14 heavy (non-hydrogen) atoms. The maximum absolute atomic E-state index is 11.3. The lowest BCUT2D eigenvalue weighted by Gasteiger charge is -2.21. The van der Waals surface area contributed by atoms with E-state index in [1.165, 1.54) is 11.3 Å². The van der Waals surface area contributed by atoms with E-state index >= 15 is 0 Å². The largest absolute Gasteiger partial charge is 0.481 e. The van der Waals surface area contributed by atoms with E-state index < -0.39 is 11.4 Å². The highest BCUT2D eigenvalue weighted by Gasteiger charge is 2.43. The van der Waals surface area contributed by atoms with Crippen LogP contribution in [0, 0.1) is 0 Å². The first-order valence-corrected chi connectivity index (χ1v) is 5.89. The highest BCUT2D eigenvalue weighted by Crippen LogP contribution is 2.44. The molecule has 0 unspecified atom stereocenters. The van der Waals surface area contributed by atoms with E-state index in [1.54, 1.807) is 11.4 Å². The van der Waals surface area contributed by atoms with E-state index in [-0.39, 0.29) is 0 Å². The number of carboxylic acids is 1. The van der Waals surface area contributed by atoms with Crippen molar-refractivity contribution >= 4 is 28.9 Å². The lowest BCUT2D eigenvalue weighted by atomic mass is 9.85. The van der Waals surface area contributed by atoms with Gasteiger partial charge in [0.25, 0.3) is 0 Å². The minimum atomic E-state index is -0.700. The lowest BCUT2D eigenvalue weighted by molar-refractivity contribution is -0.143. The Kier molecular flexibility index (Phi) is 2.54. The molecule has 1 saturated carbocycles. The molecule has 2 rings (SSSR count). The van der Waals surface area contributed by atoms with E-state index in [2.05, 4.69) is 0 Å². The minimum absolute atomic E-state index is 0.641. The third-order valence-electron chi connectivity index (χ3n) is 2.91. The molecule has 1 aliphatic carbocycles. The molecule has 0 bridgehead atoms. The standard InChI is InChI=1S/C10H11ClO2S/c11-7-5-8(14-6-7)10(9(12)13)3-1-2-4-10/h5-6H,1-4H2,(H,12,13). The first-order chi connectivity index (χ1) is 6.65. The summed E-state index contributed by atoms with van der Waals surface area (Å²) in [6, 6.07) is 1.80. The molecule has 4 heteroatoms. The summed E-state index contributed by atoms with van der Waals surface area (Å²) >= 11 is 7.28. The fourth-order valence-electron chi connectivity index (χ4n) is 2.11. The third-order valence-corrected chi connectivity index (χ3v) is 4.39. The van der Waals surface area contributed by atoms with E-state index in [1.807, 2.05) is 0 Å². The molecule has 0 aromatic carbocycles. The summed E-state index contributed by atoms with van der Waals surface area (Å²) in [6.07, 6.45) is 3.50. The van der Waals surface area contributed by atoms with Gasteiger partial charge < -0.3 is 5.11 Å². The molecule has 76 valence electrons. The van der Waals surface area contributed by atoms with Gasteiger partial charge in [0, 0.05) is 10.3 Å². The Morgan fingerprint density at radius 3 is 2.57 bits per heavy atom. The highest BCUT2D eigenvalue weighted by atomic mass is 35.5. The summed E-state index contributed by atoms with van der Waals surface area (Å²) in [7, 11) is 0. The second-order valence-electron chi connectivity index (χ2n) is 3.72. The third kappa shape index (κ3) is 1.44. The van der Waals surface area contributed by atoms with Crippen molar-refractivity contribution in [3.8, 4) is 0 Å². The predicted molar refractivity (Wildman–Crippen MR) is 57.1 cm³/mol. The van der Waals surface area contributed by atoms with Crippen LogP contribution in [-0.4, -0.2) is 11.1 Å². The van der Waals surface area contributed by atoms with Crippen LogP contribution in [0.4, 0.5) is 0 Å². The van der Waals surface area contributed by atoms with Crippen LogP contribution >= 0.6 is 22.9 Å². The SMILES string of the molecule is O=C(O)C1(c2cc(Cl)cs2)CCCC1. The summed E-state index contributed by atoms with van der Waals surface area (Å²) in [5, 5.41) is 11.7. The van der Waals surface area contributed by atoms with Crippen LogP contribution in [0.3, 0.4) is 0 Å². The molecule has 0 amide bonds. The van der Waals surface area contributed by atoms with E-state index in [4.69, 9.17) is 11.6 Å². The summed E-state index contributed by atoms with van der Waals surface area (Å²) in [4.78, 5) is 12.2. The summed E-state index contributed by atoms with van der Waals surface area (Å²) < 4.78 is 0. The second kappa shape index (κ2) is 3.55. The number of aliphatic carboxylic acids is 1. The Morgan fingerprint density at radius 1 is 1.50 bits per heavy atom. The van der Waals surface area contributed by atoms with Gasteiger partial charge in [0.1, 0.15) is 5.41 Å². The molecule has 1 N–H and O–H groups in total. The van der Waals surface area contributed by atoms with Crippen molar-refractivity contribution in [1.82, 2.24) is 0 Å². The van der Waals surface area contributed by atoms with Crippen LogP contribution in [0.1, 0.15) is 30.6 Å². The van der Waals surface area contributed by atoms with Gasteiger partial charge in [0.05, 0.1) is 5.02 Å². The molecule has 0 spiro atoms. The molecule has 0 radical (unpaired) electrons. The molecule has 0 atom stereocenters. The number of hydrogen-bond acceptors (Lipinski definition) is 2. The van der Waals surface area contributed by atoms with Gasteiger partial charge in [-0.15, -0.1) is 11.3 Å². The van der Waals surface area contributed by atoms with Crippen molar-refractivity contribution < 1.29 is 9.90 Å². The number of thiophene rings is 1. The summed E-state index contributed by atoms with van der Waals surface area (Å²) in [6.45, 7) is 0. The fraction of sp³-hybridized carbons (Fsp3) is 0.500. The Bertz CT molecular complexity index is 353. The topological polar surface area (TPSA) is 37.3 Å². The van der Waals surface area contributed by atoms with Crippen LogP contribution in [-0.2, 0) is 10.2 Å². The zero-order valence-electron chi connectivity index (χ0n) is 7.62. The number of carboxylic acid groups (broad SMARTS) is 1. The van der Waals surface area contributed by atoms with Gasteiger partial charge in [0.2, 0.25) is 0 Å². The van der Waals surface area contributed by atoms with Crippen molar-refractivity contribution in [2.24, 2.45) is 0 Å². The minimum Gasteiger partial charge on any atom is -0.481 e. The van der Waals surface area contributed by atoms with Crippen LogP contribution in [0.2, 0.25) is 5.02 Å². The maximum atomic E-state index is 11.3. The smallest absolute Gasteiger partial charge is 0.314 e. The van der Waals surface area contributed by atoms with Crippen LogP contribution in [0.15, 0.2) is 11.4 Å². The first-order valence-electron chi connectivity index (χ1n) is 4.63. The molecule has 0 saturated heterocycles. The number of carbonyl (C=O) groups is 1. The molecule has 1 aromatic heterocycles. The second-order valence-corrected chi connectivity index (χ2v) is 5.07. The zero-order chi connectivity index (χ0) is 10.2. The highest BCUT2D eigenvalue weighted by molar-refractivity contribution is 7.10. The van der Waals surface area contributed by atoms with Gasteiger partial charge in [-0.05, 0) is 18.9 Å². The lowest BCUT2D eigenvalue weighted by Crippen LogP contribution is -2.31. The Morgan fingerprint density at radius 2 is 2.14 bits per heavy atom. The molecule has 1 heterocycles. The van der Waals surface area contributed by atoms with Gasteiger partial charge in [-0.25, -0.2) is 0 Å². The number of rotatable bonds is 2. The molecule has 2 nitrogen and oxygen atoms in total. The average Bonchev–Trinajstić information content (AvgIpc) is 2.71. The molecular weight excluding hydrogens is 220 g/mol. The maximum Gasteiger partial charge on any atom is 0.314 e. The van der Waals surface area contributed by atoms with Gasteiger partial charge >= 0.3 is 5.97 Å². The van der Waals surface area contributed by atoms with Gasteiger partial charge in [-0.1, -0.05) is 24.4 Å². The van der Waals surface area contributed by atoms with E-state index in [0.717, 1.165) is 30.6 Å². The Labute approximate surface area is 91.5 Å². The fourth-order valence-corrected chi connectivity index (χ4v) is 3.44.